The molecule has 0 saturated heterocycles. The van der Waals surface area contributed by atoms with Gasteiger partial charge >= 0.3 is 0 Å². The van der Waals surface area contributed by atoms with Gasteiger partial charge in [-0.1, -0.05) is 6.07 Å². The van der Waals surface area contributed by atoms with Gasteiger partial charge in [0, 0.05) is 18.3 Å². The van der Waals surface area contributed by atoms with Crippen LogP contribution in [0, 0.1) is 18.3 Å². The van der Waals surface area contributed by atoms with Gasteiger partial charge in [-0.2, -0.15) is 5.26 Å². The number of aryl methyl sites for hydroxylation is 1. The largest absolute Gasteiger partial charge is 0.504 e. The van der Waals surface area contributed by atoms with E-state index in [4.69, 9.17) is 10.5 Å². The number of nitriles is 1. The number of pyridine rings is 1. The molecule has 0 radical (unpaired) electrons. The molecule has 1 aliphatic rings. The van der Waals surface area contributed by atoms with Gasteiger partial charge in [0.25, 0.3) is 5.56 Å². The Bertz CT molecular complexity index is 1080. The van der Waals surface area contributed by atoms with E-state index >= 15 is 0 Å². The highest BCUT2D eigenvalue weighted by molar-refractivity contribution is 5.57. The van der Waals surface area contributed by atoms with Gasteiger partial charge in [0.1, 0.15) is 17.4 Å². The number of fused-ring (bicyclic) bond motifs is 1. The predicted molar refractivity (Wildman–Crippen MR) is 108 cm³/mol. The highest BCUT2D eigenvalue weighted by Gasteiger charge is 2.34. The molecule has 2 aromatic rings. The molecule has 1 aliphatic heterocycles. The van der Waals surface area contributed by atoms with E-state index in [-0.39, 0.29) is 34.1 Å². The molecule has 0 fully saturated rings. The van der Waals surface area contributed by atoms with Crippen LogP contribution in [0.1, 0.15) is 29.2 Å². The molecule has 0 saturated carbocycles. The quantitative estimate of drug-likeness (QED) is 0.657. The van der Waals surface area contributed by atoms with E-state index in [2.05, 4.69) is 0 Å². The number of aromatic nitrogens is 1. The number of rotatable bonds is 5. The summed E-state index contributed by atoms with van der Waals surface area (Å²) in [5, 5.41) is 29.2. The van der Waals surface area contributed by atoms with Crippen LogP contribution in [0.15, 0.2) is 40.5 Å². The second-order valence-electron chi connectivity index (χ2n) is 7.35. The van der Waals surface area contributed by atoms with Crippen LogP contribution in [0.4, 0.5) is 0 Å². The third-order valence-corrected chi connectivity index (χ3v) is 5.01. The van der Waals surface area contributed by atoms with E-state index in [1.165, 1.54) is 12.1 Å². The highest BCUT2D eigenvalue weighted by Crippen LogP contribution is 2.42. The van der Waals surface area contributed by atoms with Gasteiger partial charge in [-0.15, -0.1) is 0 Å². The molecule has 0 aliphatic carbocycles. The minimum absolute atomic E-state index is 0.0817. The van der Waals surface area contributed by atoms with E-state index in [0.29, 0.717) is 17.9 Å². The van der Waals surface area contributed by atoms with E-state index in [1.807, 2.05) is 32.0 Å². The molecular weight excluding hydrogens is 372 g/mol. The van der Waals surface area contributed by atoms with E-state index in [1.54, 1.807) is 16.7 Å². The number of nitrogens with two attached hydrogens (primary N) is 1. The minimum Gasteiger partial charge on any atom is -0.504 e. The van der Waals surface area contributed by atoms with Crippen LogP contribution in [0.3, 0.4) is 0 Å². The Balaban J connectivity index is 2.18. The fraction of sp³-hybridized carbons (Fsp3) is 0.333. The zero-order valence-corrected chi connectivity index (χ0v) is 16.6. The monoisotopic (exact) mass is 396 g/mol. The second-order valence-corrected chi connectivity index (χ2v) is 7.35. The summed E-state index contributed by atoms with van der Waals surface area (Å²) in [6, 6.07) is 7.96. The molecule has 3 rings (SSSR count). The number of phenols is 2. The number of aromatic hydroxyl groups is 2. The summed E-state index contributed by atoms with van der Waals surface area (Å²) in [4.78, 5) is 15.4. The molecule has 1 aromatic heterocycles. The van der Waals surface area contributed by atoms with E-state index < -0.39 is 5.92 Å². The first-order chi connectivity index (χ1) is 13.7. The first kappa shape index (κ1) is 20.3. The molecule has 29 heavy (non-hydrogen) atoms. The van der Waals surface area contributed by atoms with Gasteiger partial charge in [-0.05, 0) is 51.7 Å². The van der Waals surface area contributed by atoms with Crippen molar-refractivity contribution in [3.8, 4) is 23.3 Å². The number of benzene rings is 1. The molecule has 1 unspecified atom stereocenters. The first-order valence-electron chi connectivity index (χ1n) is 9.23. The number of allylic oxidation sites excluding steroid dienone is 1. The number of hydrogen-bond donors (Lipinski definition) is 3. The Morgan fingerprint density at radius 1 is 1.28 bits per heavy atom. The topological polar surface area (TPSA) is 125 Å². The van der Waals surface area contributed by atoms with Crippen molar-refractivity contribution in [3.63, 3.8) is 0 Å². The van der Waals surface area contributed by atoms with E-state index in [0.717, 1.165) is 18.7 Å². The maximum Gasteiger partial charge on any atom is 0.258 e. The zero-order chi connectivity index (χ0) is 21.3. The predicted octanol–water partition coefficient (Wildman–Crippen LogP) is 1.74. The van der Waals surface area contributed by atoms with Crippen LogP contribution < -0.4 is 16.0 Å². The molecule has 1 aromatic carbocycles. The fourth-order valence-corrected chi connectivity index (χ4v) is 3.56. The van der Waals surface area contributed by atoms with Crippen molar-refractivity contribution in [2.75, 3.05) is 20.6 Å². The fourth-order valence-electron chi connectivity index (χ4n) is 3.56. The zero-order valence-electron chi connectivity index (χ0n) is 16.6. The summed E-state index contributed by atoms with van der Waals surface area (Å²) in [5.74, 6) is -1.22. The van der Waals surface area contributed by atoms with Gasteiger partial charge in [-0.3, -0.25) is 4.79 Å². The SMILES string of the molecule is Cc1cc2c(c(=O)n1CCCN(C)C)C(c1ccc(O)c(O)c1)C(C#N)=C(N)O2. The number of ether oxygens (including phenoxy) is 1. The number of nitrogens with zero attached hydrogens (tertiary/aromatic N) is 3. The van der Waals surface area contributed by atoms with Gasteiger partial charge < -0.3 is 30.2 Å². The summed E-state index contributed by atoms with van der Waals surface area (Å²) >= 11 is 0. The van der Waals surface area contributed by atoms with Crippen molar-refractivity contribution < 1.29 is 14.9 Å². The van der Waals surface area contributed by atoms with Gasteiger partial charge in [0.2, 0.25) is 5.88 Å². The Kier molecular flexibility index (Phi) is 5.52. The van der Waals surface area contributed by atoms with Crippen molar-refractivity contribution in [3.05, 3.63) is 62.9 Å². The molecule has 1 atom stereocenters. The highest BCUT2D eigenvalue weighted by atomic mass is 16.5. The number of phenolic OH excluding ortho intramolecular Hbond substituents is 2. The van der Waals surface area contributed by atoms with Crippen LogP contribution in [0.25, 0.3) is 0 Å². The standard InChI is InChI=1S/C21H24N4O4/c1-12-9-17-19(21(28)25(12)8-4-7-24(2)3)18(14(11-22)20(23)29-17)13-5-6-15(26)16(27)10-13/h5-6,9-10,18,26-27H,4,7-8,23H2,1-3H3. The molecule has 4 N–H and O–H groups in total. The third kappa shape index (κ3) is 3.77. The van der Waals surface area contributed by atoms with Crippen molar-refractivity contribution in [1.82, 2.24) is 9.47 Å². The number of hydrogen-bond acceptors (Lipinski definition) is 7. The molecule has 0 bridgehead atoms. The molecule has 0 spiro atoms. The lowest BCUT2D eigenvalue weighted by Gasteiger charge is -2.27. The summed E-state index contributed by atoms with van der Waals surface area (Å²) < 4.78 is 7.26. The van der Waals surface area contributed by atoms with Gasteiger partial charge in [-0.25, -0.2) is 0 Å². The third-order valence-electron chi connectivity index (χ3n) is 5.01. The Hall–Kier alpha value is -3.44. The lowest BCUT2D eigenvalue weighted by Crippen LogP contribution is -2.33. The van der Waals surface area contributed by atoms with Crippen molar-refractivity contribution in [1.29, 1.82) is 5.26 Å². The van der Waals surface area contributed by atoms with Gasteiger partial charge in [0.05, 0.1) is 11.5 Å². The summed E-state index contributed by atoms with van der Waals surface area (Å²) in [7, 11) is 3.94. The summed E-state index contributed by atoms with van der Waals surface area (Å²) in [6.45, 7) is 3.16. The molecule has 152 valence electrons. The Morgan fingerprint density at radius 2 is 2.00 bits per heavy atom. The normalized spacial score (nSPS) is 15.8. The van der Waals surface area contributed by atoms with Crippen molar-refractivity contribution in [2.45, 2.75) is 25.8 Å². The average molecular weight is 396 g/mol. The second kappa shape index (κ2) is 7.89. The van der Waals surface area contributed by atoms with E-state index in [9.17, 15) is 20.3 Å². The molecular formula is C21H24N4O4. The Labute approximate surface area is 168 Å². The minimum atomic E-state index is -0.802. The van der Waals surface area contributed by atoms with Crippen molar-refractivity contribution in [2.24, 2.45) is 5.73 Å². The maximum absolute atomic E-state index is 13.4. The van der Waals surface area contributed by atoms with Crippen LogP contribution in [-0.4, -0.2) is 40.3 Å². The van der Waals surface area contributed by atoms with Crippen LogP contribution in [0.5, 0.6) is 17.2 Å². The summed E-state index contributed by atoms with van der Waals surface area (Å²) in [6.07, 6.45) is 0.779. The van der Waals surface area contributed by atoms with Crippen LogP contribution in [-0.2, 0) is 6.54 Å². The first-order valence-corrected chi connectivity index (χ1v) is 9.23. The Morgan fingerprint density at radius 3 is 2.62 bits per heavy atom. The lowest BCUT2D eigenvalue weighted by atomic mass is 9.84. The van der Waals surface area contributed by atoms with Crippen LogP contribution in [0.2, 0.25) is 0 Å². The lowest BCUT2D eigenvalue weighted by molar-refractivity contribution is 0.375. The smallest absolute Gasteiger partial charge is 0.258 e. The van der Waals surface area contributed by atoms with Gasteiger partial charge in [0.15, 0.2) is 11.5 Å². The molecule has 0 amide bonds. The molecule has 8 heteroatoms. The molecule has 2 heterocycles. The summed E-state index contributed by atoms with van der Waals surface area (Å²) in [5.41, 5.74) is 7.26. The average Bonchev–Trinajstić information content (AvgIpc) is 2.65. The maximum atomic E-state index is 13.4. The van der Waals surface area contributed by atoms with Crippen LogP contribution >= 0.6 is 0 Å². The molecule has 8 nitrogen and oxygen atoms in total. The van der Waals surface area contributed by atoms with Crippen molar-refractivity contribution >= 4 is 0 Å².